The second-order valence-corrected chi connectivity index (χ2v) is 7.30. The fourth-order valence-corrected chi connectivity index (χ4v) is 4.12. The maximum absolute atomic E-state index is 4.58. The van der Waals surface area contributed by atoms with Crippen molar-refractivity contribution in [2.45, 2.75) is 46.0 Å². The Hall–Kier alpha value is -2.22. The van der Waals surface area contributed by atoms with Crippen LogP contribution in [-0.4, -0.2) is 9.97 Å². The molecule has 1 aliphatic carbocycles. The molecule has 24 heavy (non-hydrogen) atoms. The molecule has 2 nitrogen and oxygen atoms in total. The second-order valence-electron chi connectivity index (χ2n) is 7.30. The lowest BCUT2D eigenvalue weighted by atomic mass is 9.96. The lowest BCUT2D eigenvalue weighted by Crippen LogP contribution is -1.99. The van der Waals surface area contributed by atoms with Gasteiger partial charge in [-0.15, -0.1) is 0 Å². The van der Waals surface area contributed by atoms with E-state index in [-0.39, 0.29) is 0 Å². The van der Waals surface area contributed by atoms with E-state index in [4.69, 9.17) is 0 Å². The molecule has 2 heteroatoms. The Bertz CT molecular complexity index is 856. The molecule has 122 valence electrons. The van der Waals surface area contributed by atoms with E-state index in [0.717, 1.165) is 22.5 Å². The summed E-state index contributed by atoms with van der Waals surface area (Å²) < 4.78 is 0. The second kappa shape index (κ2) is 6.35. The summed E-state index contributed by atoms with van der Waals surface area (Å²) in [6.45, 7) is 4.28. The maximum atomic E-state index is 4.58. The summed E-state index contributed by atoms with van der Waals surface area (Å²) in [7, 11) is 0. The van der Waals surface area contributed by atoms with Gasteiger partial charge in [-0.25, -0.2) is 9.97 Å². The first-order valence-electron chi connectivity index (χ1n) is 9.01. The van der Waals surface area contributed by atoms with Crippen LogP contribution in [0.15, 0.2) is 42.7 Å². The number of aryl methyl sites for hydroxylation is 2. The van der Waals surface area contributed by atoms with E-state index in [0.29, 0.717) is 0 Å². The Kier molecular flexibility index (Phi) is 4.05. The number of nitrogens with zero attached hydrogens (tertiary/aromatic N) is 2. The van der Waals surface area contributed by atoms with Crippen LogP contribution < -0.4 is 0 Å². The van der Waals surface area contributed by atoms with Crippen molar-refractivity contribution in [1.82, 2.24) is 9.97 Å². The molecule has 0 atom stereocenters. The highest BCUT2D eigenvalue weighted by Crippen LogP contribution is 2.31. The van der Waals surface area contributed by atoms with E-state index in [9.17, 15) is 0 Å². The van der Waals surface area contributed by atoms with Gasteiger partial charge in [0.25, 0.3) is 0 Å². The Morgan fingerprint density at radius 1 is 0.917 bits per heavy atom. The van der Waals surface area contributed by atoms with Crippen LogP contribution in [0.2, 0.25) is 0 Å². The van der Waals surface area contributed by atoms with E-state index in [1.165, 1.54) is 54.4 Å². The van der Waals surface area contributed by atoms with Crippen LogP contribution in [0.25, 0.3) is 22.2 Å². The standard InChI is InChI=1S/C22H24N2/c1-15-9-16(2)11-19(10-15)22-20-8-7-18(12-17-5-3-4-6-17)13-21(20)23-14-24-22/h7-11,13-14,17H,3-6,12H2,1-2H3. The number of hydrogen-bond acceptors (Lipinski definition) is 2. The SMILES string of the molecule is Cc1cc(C)cc(-c2ncnc3cc(CC4CCCC4)ccc23)c1. The first-order chi connectivity index (χ1) is 11.7. The molecule has 0 N–H and O–H groups in total. The van der Waals surface area contributed by atoms with Crippen molar-refractivity contribution in [3.05, 3.63) is 59.4 Å². The molecule has 0 spiro atoms. The largest absolute Gasteiger partial charge is 0.236 e. The van der Waals surface area contributed by atoms with Crippen molar-refractivity contribution in [2.75, 3.05) is 0 Å². The Morgan fingerprint density at radius 3 is 2.42 bits per heavy atom. The van der Waals surface area contributed by atoms with E-state index < -0.39 is 0 Å². The van der Waals surface area contributed by atoms with Crippen LogP contribution in [0, 0.1) is 19.8 Å². The Balaban J connectivity index is 1.74. The van der Waals surface area contributed by atoms with Crippen LogP contribution in [-0.2, 0) is 6.42 Å². The molecule has 0 bridgehead atoms. The molecule has 1 fully saturated rings. The quantitative estimate of drug-likeness (QED) is 0.624. The van der Waals surface area contributed by atoms with Gasteiger partial charge in [0.05, 0.1) is 11.2 Å². The minimum Gasteiger partial charge on any atom is -0.236 e. The van der Waals surface area contributed by atoms with Gasteiger partial charge in [0.2, 0.25) is 0 Å². The zero-order valence-electron chi connectivity index (χ0n) is 14.5. The van der Waals surface area contributed by atoms with Gasteiger partial charge in [0.1, 0.15) is 6.33 Å². The van der Waals surface area contributed by atoms with Gasteiger partial charge in [-0.1, -0.05) is 55.0 Å². The monoisotopic (exact) mass is 316 g/mol. The van der Waals surface area contributed by atoms with Crippen LogP contribution >= 0.6 is 0 Å². The smallest absolute Gasteiger partial charge is 0.116 e. The van der Waals surface area contributed by atoms with Gasteiger partial charge in [-0.2, -0.15) is 0 Å². The lowest BCUT2D eigenvalue weighted by Gasteiger charge is -2.11. The van der Waals surface area contributed by atoms with E-state index >= 15 is 0 Å². The lowest BCUT2D eigenvalue weighted by molar-refractivity contribution is 0.547. The first kappa shape index (κ1) is 15.3. The molecule has 3 aromatic rings. The van der Waals surface area contributed by atoms with Crippen molar-refractivity contribution in [3.8, 4) is 11.3 Å². The van der Waals surface area contributed by atoms with E-state index in [2.05, 4.69) is 60.2 Å². The van der Waals surface area contributed by atoms with Gasteiger partial charge in [-0.3, -0.25) is 0 Å². The van der Waals surface area contributed by atoms with Crippen molar-refractivity contribution < 1.29 is 0 Å². The molecule has 2 aromatic carbocycles. The third-order valence-corrected chi connectivity index (χ3v) is 5.20. The molecule has 0 aliphatic heterocycles. The van der Waals surface area contributed by atoms with Crippen molar-refractivity contribution in [2.24, 2.45) is 5.92 Å². The number of rotatable bonds is 3. The summed E-state index contributed by atoms with van der Waals surface area (Å²) in [5, 5.41) is 1.15. The normalized spacial score (nSPS) is 15.2. The summed E-state index contributed by atoms with van der Waals surface area (Å²) >= 11 is 0. The Labute approximate surface area is 144 Å². The summed E-state index contributed by atoms with van der Waals surface area (Å²) in [6.07, 6.45) is 8.47. The van der Waals surface area contributed by atoms with E-state index in [1.54, 1.807) is 6.33 Å². The van der Waals surface area contributed by atoms with Crippen molar-refractivity contribution >= 4 is 10.9 Å². The molecule has 1 saturated carbocycles. The highest BCUT2D eigenvalue weighted by atomic mass is 14.8. The fraction of sp³-hybridized carbons (Fsp3) is 0.364. The average Bonchev–Trinajstić information content (AvgIpc) is 3.06. The molecular weight excluding hydrogens is 292 g/mol. The highest BCUT2D eigenvalue weighted by molar-refractivity contribution is 5.92. The number of aromatic nitrogens is 2. The third-order valence-electron chi connectivity index (χ3n) is 5.20. The molecule has 1 aliphatic rings. The molecule has 1 heterocycles. The number of benzene rings is 2. The summed E-state index contributed by atoms with van der Waals surface area (Å²) in [6, 6.07) is 13.4. The van der Waals surface area contributed by atoms with Crippen molar-refractivity contribution in [3.63, 3.8) is 0 Å². The summed E-state index contributed by atoms with van der Waals surface area (Å²) in [5.74, 6) is 0.864. The van der Waals surface area contributed by atoms with Gasteiger partial charge in [-0.05, 0) is 49.9 Å². The van der Waals surface area contributed by atoms with E-state index in [1.807, 2.05) is 0 Å². The predicted molar refractivity (Wildman–Crippen MR) is 100 cm³/mol. The molecule has 1 aromatic heterocycles. The predicted octanol–water partition coefficient (Wildman–Crippen LogP) is 5.65. The molecular formula is C22H24N2. The number of hydrogen-bond donors (Lipinski definition) is 0. The molecule has 0 amide bonds. The van der Waals surface area contributed by atoms with Crippen LogP contribution in [0.4, 0.5) is 0 Å². The minimum atomic E-state index is 0.864. The molecule has 0 saturated heterocycles. The molecule has 4 rings (SSSR count). The minimum absolute atomic E-state index is 0.864. The maximum Gasteiger partial charge on any atom is 0.116 e. The van der Waals surface area contributed by atoms with Gasteiger partial charge < -0.3 is 0 Å². The van der Waals surface area contributed by atoms with Gasteiger partial charge in [0, 0.05) is 10.9 Å². The number of fused-ring (bicyclic) bond motifs is 1. The summed E-state index contributed by atoms with van der Waals surface area (Å²) in [5.41, 5.74) is 7.25. The van der Waals surface area contributed by atoms with Crippen LogP contribution in [0.1, 0.15) is 42.4 Å². The zero-order valence-corrected chi connectivity index (χ0v) is 14.5. The average molecular weight is 316 g/mol. The van der Waals surface area contributed by atoms with Crippen molar-refractivity contribution in [1.29, 1.82) is 0 Å². The first-order valence-corrected chi connectivity index (χ1v) is 9.01. The highest BCUT2D eigenvalue weighted by Gasteiger charge is 2.16. The zero-order chi connectivity index (χ0) is 16.5. The Morgan fingerprint density at radius 2 is 1.67 bits per heavy atom. The van der Waals surface area contributed by atoms with Gasteiger partial charge in [0.15, 0.2) is 0 Å². The van der Waals surface area contributed by atoms with Crippen LogP contribution in [0.3, 0.4) is 0 Å². The van der Waals surface area contributed by atoms with Gasteiger partial charge >= 0.3 is 0 Å². The fourth-order valence-electron chi connectivity index (χ4n) is 4.12. The molecule has 0 radical (unpaired) electrons. The van der Waals surface area contributed by atoms with Crippen LogP contribution in [0.5, 0.6) is 0 Å². The summed E-state index contributed by atoms with van der Waals surface area (Å²) in [4.78, 5) is 9.12. The topological polar surface area (TPSA) is 25.8 Å². The third kappa shape index (κ3) is 3.06. The molecule has 0 unspecified atom stereocenters.